The molecular formula is C14H18F2N2O2. The van der Waals surface area contributed by atoms with Crippen molar-refractivity contribution in [3.63, 3.8) is 0 Å². The number of hydrogen-bond acceptors (Lipinski definition) is 3. The Hall–Kier alpha value is -1.56. The van der Waals surface area contributed by atoms with Crippen LogP contribution in [0.2, 0.25) is 0 Å². The van der Waals surface area contributed by atoms with Crippen molar-refractivity contribution < 1.29 is 18.3 Å². The first-order chi connectivity index (χ1) is 9.44. The molecule has 1 aliphatic rings. The van der Waals surface area contributed by atoms with E-state index in [1.54, 1.807) is 25.3 Å². The third-order valence-electron chi connectivity index (χ3n) is 3.55. The first kappa shape index (κ1) is 14.8. The number of amides is 1. The van der Waals surface area contributed by atoms with Crippen LogP contribution >= 0.6 is 0 Å². The highest BCUT2D eigenvalue weighted by Gasteiger charge is 2.45. The van der Waals surface area contributed by atoms with Crippen molar-refractivity contribution in [1.29, 1.82) is 0 Å². The molecule has 110 valence electrons. The lowest BCUT2D eigenvalue weighted by molar-refractivity contribution is -0.117. The molecule has 0 spiro atoms. The summed E-state index contributed by atoms with van der Waals surface area (Å²) in [6.07, 6.45) is 1.23. The van der Waals surface area contributed by atoms with Crippen molar-refractivity contribution in [2.24, 2.45) is 5.92 Å². The average Bonchev–Trinajstić information content (AvgIpc) is 2.40. The van der Waals surface area contributed by atoms with Gasteiger partial charge in [-0.25, -0.2) is 8.78 Å². The van der Waals surface area contributed by atoms with E-state index in [0.29, 0.717) is 5.56 Å². The minimum absolute atomic E-state index is 0.0149. The highest BCUT2D eigenvalue weighted by atomic mass is 19.3. The van der Waals surface area contributed by atoms with Crippen LogP contribution in [0.3, 0.4) is 0 Å². The molecule has 1 fully saturated rings. The maximum absolute atomic E-state index is 13.7. The lowest BCUT2D eigenvalue weighted by Crippen LogP contribution is -2.50. The van der Waals surface area contributed by atoms with Crippen molar-refractivity contribution >= 4 is 5.91 Å². The van der Waals surface area contributed by atoms with Crippen molar-refractivity contribution in [3.05, 3.63) is 29.6 Å². The molecule has 0 saturated carbocycles. The number of aromatic nitrogens is 1. The van der Waals surface area contributed by atoms with Crippen molar-refractivity contribution in [2.75, 3.05) is 26.8 Å². The molecule has 1 unspecified atom stereocenters. The molecule has 2 rings (SSSR count). The third kappa shape index (κ3) is 3.12. The maximum Gasteiger partial charge on any atom is 0.256 e. The molecule has 0 aliphatic carbocycles. The van der Waals surface area contributed by atoms with Gasteiger partial charge in [-0.05, 0) is 19.1 Å². The van der Waals surface area contributed by atoms with E-state index in [1.165, 1.54) is 12.0 Å². The second-order valence-corrected chi connectivity index (χ2v) is 5.10. The van der Waals surface area contributed by atoms with Gasteiger partial charge in [-0.15, -0.1) is 0 Å². The Balaban J connectivity index is 2.12. The summed E-state index contributed by atoms with van der Waals surface area (Å²) in [5.41, 5.74) is 1.21. The van der Waals surface area contributed by atoms with Crippen LogP contribution < -0.4 is 0 Å². The van der Waals surface area contributed by atoms with Gasteiger partial charge in [-0.3, -0.25) is 9.78 Å². The number of likely N-dealkylation sites (tertiary alicyclic amines) is 1. The van der Waals surface area contributed by atoms with Gasteiger partial charge < -0.3 is 9.64 Å². The van der Waals surface area contributed by atoms with Gasteiger partial charge in [0.05, 0.1) is 12.5 Å². The maximum atomic E-state index is 13.7. The van der Waals surface area contributed by atoms with Crippen LogP contribution in [0.25, 0.3) is 0 Å². The Labute approximate surface area is 116 Å². The van der Waals surface area contributed by atoms with Gasteiger partial charge in [0.15, 0.2) is 0 Å². The Kier molecular flexibility index (Phi) is 4.32. The van der Waals surface area contributed by atoms with E-state index < -0.39 is 11.8 Å². The monoisotopic (exact) mass is 284 g/mol. The molecule has 0 aromatic carbocycles. The minimum atomic E-state index is -2.78. The molecule has 1 amide bonds. The van der Waals surface area contributed by atoms with E-state index in [0.717, 1.165) is 5.69 Å². The fourth-order valence-corrected chi connectivity index (χ4v) is 2.40. The summed E-state index contributed by atoms with van der Waals surface area (Å²) < 4.78 is 32.3. The number of alkyl halides is 2. The van der Waals surface area contributed by atoms with Crippen molar-refractivity contribution in [2.45, 2.75) is 19.3 Å². The lowest BCUT2D eigenvalue weighted by Gasteiger charge is -2.38. The van der Waals surface area contributed by atoms with Crippen LogP contribution in [0.5, 0.6) is 0 Å². The molecule has 1 atom stereocenters. The van der Waals surface area contributed by atoms with Gasteiger partial charge in [0.2, 0.25) is 0 Å². The van der Waals surface area contributed by atoms with Gasteiger partial charge in [0, 0.05) is 44.1 Å². The van der Waals surface area contributed by atoms with Gasteiger partial charge in [0.1, 0.15) is 0 Å². The lowest BCUT2D eigenvalue weighted by atomic mass is 9.93. The average molecular weight is 284 g/mol. The number of rotatable bonds is 3. The number of ether oxygens (including phenoxy) is 1. The number of methoxy groups -OCH3 is 1. The zero-order valence-corrected chi connectivity index (χ0v) is 11.6. The normalized spacial score (nSPS) is 21.8. The van der Waals surface area contributed by atoms with Crippen LogP contribution in [0.4, 0.5) is 8.78 Å². The van der Waals surface area contributed by atoms with Crippen molar-refractivity contribution in [3.8, 4) is 0 Å². The number of aryl methyl sites for hydroxylation is 1. The summed E-state index contributed by atoms with van der Waals surface area (Å²) in [6.45, 7) is 1.81. The van der Waals surface area contributed by atoms with Gasteiger partial charge in [-0.2, -0.15) is 0 Å². The molecule has 1 aliphatic heterocycles. The second kappa shape index (κ2) is 5.83. The van der Waals surface area contributed by atoms with E-state index >= 15 is 0 Å². The Bertz CT molecular complexity index is 494. The summed E-state index contributed by atoms with van der Waals surface area (Å²) in [5, 5.41) is 0. The van der Waals surface area contributed by atoms with Crippen molar-refractivity contribution in [1.82, 2.24) is 9.88 Å². The van der Waals surface area contributed by atoms with E-state index in [2.05, 4.69) is 4.98 Å². The standard InChI is InChI=1S/C14H18F2N2O2/c1-10-7-11(3-5-17-10)13(19)18-6-4-14(15,16)12(8-18)9-20-2/h3,5,7,12H,4,6,8-9H2,1-2H3. The molecule has 20 heavy (non-hydrogen) atoms. The molecule has 1 saturated heterocycles. The fraction of sp³-hybridized carbons (Fsp3) is 0.571. The zero-order chi connectivity index (χ0) is 14.8. The van der Waals surface area contributed by atoms with Crippen LogP contribution in [0, 0.1) is 12.8 Å². The third-order valence-corrected chi connectivity index (χ3v) is 3.55. The van der Waals surface area contributed by atoms with Gasteiger partial charge in [-0.1, -0.05) is 0 Å². The second-order valence-electron chi connectivity index (χ2n) is 5.10. The number of hydrogen-bond donors (Lipinski definition) is 0. The summed E-state index contributed by atoms with van der Waals surface area (Å²) in [6, 6.07) is 3.27. The van der Waals surface area contributed by atoms with E-state index in [1.807, 2.05) is 0 Å². The predicted molar refractivity (Wildman–Crippen MR) is 69.8 cm³/mol. The highest BCUT2D eigenvalue weighted by Crippen LogP contribution is 2.34. The summed E-state index contributed by atoms with van der Waals surface area (Å²) in [4.78, 5) is 17.8. The van der Waals surface area contributed by atoms with Crippen LogP contribution in [-0.4, -0.2) is 48.5 Å². The molecule has 0 radical (unpaired) electrons. The quantitative estimate of drug-likeness (QED) is 0.854. The number of piperidine rings is 1. The Morgan fingerprint density at radius 2 is 2.35 bits per heavy atom. The molecule has 6 heteroatoms. The van der Waals surface area contributed by atoms with Crippen LogP contribution in [0.15, 0.2) is 18.3 Å². The number of carbonyl (C=O) groups excluding carboxylic acids is 1. The predicted octanol–water partition coefficient (Wildman–Crippen LogP) is 2.13. The SMILES string of the molecule is COCC1CN(C(=O)c2ccnc(C)c2)CCC1(F)F. The van der Waals surface area contributed by atoms with E-state index in [9.17, 15) is 13.6 Å². The van der Waals surface area contributed by atoms with E-state index in [4.69, 9.17) is 4.74 Å². The largest absolute Gasteiger partial charge is 0.384 e. The van der Waals surface area contributed by atoms with Crippen LogP contribution in [0.1, 0.15) is 22.5 Å². The number of carbonyl (C=O) groups is 1. The van der Waals surface area contributed by atoms with Gasteiger partial charge >= 0.3 is 0 Å². The topological polar surface area (TPSA) is 42.4 Å². The number of pyridine rings is 1. The summed E-state index contributed by atoms with van der Waals surface area (Å²) in [7, 11) is 1.39. The van der Waals surface area contributed by atoms with Crippen LogP contribution in [-0.2, 0) is 4.74 Å². The zero-order valence-electron chi connectivity index (χ0n) is 11.6. The smallest absolute Gasteiger partial charge is 0.256 e. The number of nitrogens with zero attached hydrogens (tertiary/aromatic N) is 2. The number of halogens is 2. The highest BCUT2D eigenvalue weighted by molar-refractivity contribution is 5.94. The Morgan fingerprint density at radius 1 is 1.60 bits per heavy atom. The summed E-state index contributed by atoms with van der Waals surface area (Å²) >= 11 is 0. The molecular weight excluding hydrogens is 266 g/mol. The first-order valence-corrected chi connectivity index (χ1v) is 6.52. The fourth-order valence-electron chi connectivity index (χ4n) is 2.40. The molecule has 1 aromatic rings. The van der Waals surface area contributed by atoms with E-state index in [-0.39, 0.29) is 32.0 Å². The molecule has 4 nitrogen and oxygen atoms in total. The minimum Gasteiger partial charge on any atom is -0.384 e. The Morgan fingerprint density at radius 3 is 3.00 bits per heavy atom. The molecule has 1 aromatic heterocycles. The first-order valence-electron chi connectivity index (χ1n) is 6.52. The summed E-state index contributed by atoms with van der Waals surface area (Å²) in [5.74, 6) is -3.96. The molecule has 0 bridgehead atoms. The molecule has 2 heterocycles. The van der Waals surface area contributed by atoms with Gasteiger partial charge in [0.25, 0.3) is 11.8 Å². The molecule has 0 N–H and O–H groups in total.